The van der Waals surface area contributed by atoms with E-state index in [2.05, 4.69) is 15.3 Å². The van der Waals surface area contributed by atoms with Gasteiger partial charge in [0, 0.05) is 26.2 Å². The van der Waals surface area contributed by atoms with Crippen LogP contribution in [0.25, 0.3) is 0 Å². The van der Waals surface area contributed by atoms with E-state index in [-0.39, 0.29) is 0 Å². The fraction of sp³-hybridized carbons (Fsp3) is 0.800. The van der Waals surface area contributed by atoms with E-state index in [4.69, 9.17) is 4.74 Å². The van der Waals surface area contributed by atoms with Crippen molar-refractivity contribution in [1.29, 1.82) is 0 Å². The van der Waals surface area contributed by atoms with Crippen LogP contribution in [0.4, 0.5) is 0 Å². The highest BCUT2D eigenvalue weighted by molar-refractivity contribution is 5.30. The van der Waals surface area contributed by atoms with Gasteiger partial charge in [0.05, 0.1) is 18.4 Å². The highest BCUT2D eigenvalue weighted by Gasteiger charge is 2.34. The van der Waals surface area contributed by atoms with Gasteiger partial charge in [0.25, 0.3) is 0 Å². The Bertz CT molecular complexity index is 467. The minimum absolute atomic E-state index is 0.804. The predicted molar refractivity (Wildman–Crippen MR) is 78.9 cm³/mol. The van der Waals surface area contributed by atoms with Gasteiger partial charge in [0.2, 0.25) is 5.88 Å². The van der Waals surface area contributed by atoms with Crippen molar-refractivity contribution in [3.8, 4) is 5.88 Å². The highest BCUT2D eigenvalue weighted by atomic mass is 16.5. The number of rotatable bonds is 6. The summed E-state index contributed by atoms with van der Waals surface area (Å²) >= 11 is 0. The molecule has 0 amide bonds. The molecule has 1 N–H and O–H groups in total. The summed E-state index contributed by atoms with van der Waals surface area (Å²) in [7, 11) is 3.64. The molecular weight excluding hydrogens is 252 g/mol. The van der Waals surface area contributed by atoms with Crippen molar-refractivity contribution in [1.82, 2.24) is 20.0 Å². The van der Waals surface area contributed by atoms with E-state index in [1.54, 1.807) is 7.11 Å². The van der Waals surface area contributed by atoms with Gasteiger partial charge in [-0.05, 0) is 45.2 Å². The third-order valence-corrected chi connectivity index (χ3v) is 4.60. The SMILES string of the molecule is COc1c(CNCC2CCN(C3CC3)C2)c(C)nn1C. The Kier molecular flexibility index (Phi) is 3.98. The topological polar surface area (TPSA) is 42.3 Å². The van der Waals surface area contributed by atoms with E-state index >= 15 is 0 Å². The molecule has 1 aliphatic heterocycles. The second-order valence-electron chi connectivity index (χ2n) is 6.21. The van der Waals surface area contributed by atoms with Gasteiger partial charge in [0.15, 0.2) is 0 Å². The summed E-state index contributed by atoms with van der Waals surface area (Å²) in [5.41, 5.74) is 2.25. The number of hydrogen-bond acceptors (Lipinski definition) is 4. The Morgan fingerprint density at radius 3 is 2.85 bits per heavy atom. The molecule has 1 aromatic rings. The van der Waals surface area contributed by atoms with E-state index in [9.17, 15) is 0 Å². The zero-order chi connectivity index (χ0) is 14.1. The van der Waals surface area contributed by atoms with Crippen molar-refractivity contribution >= 4 is 0 Å². The number of aromatic nitrogens is 2. The van der Waals surface area contributed by atoms with Crippen LogP contribution in [0.3, 0.4) is 0 Å². The van der Waals surface area contributed by atoms with Gasteiger partial charge in [-0.2, -0.15) is 5.10 Å². The number of likely N-dealkylation sites (tertiary alicyclic amines) is 1. The first-order chi connectivity index (χ1) is 9.69. The summed E-state index contributed by atoms with van der Waals surface area (Å²) < 4.78 is 7.24. The van der Waals surface area contributed by atoms with Gasteiger partial charge < -0.3 is 15.0 Å². The summed E-state index contributed by atoms with van der Waals surface area (Å²) in [5.74, 6) is 1.68. The Balaban J connectivity index is 1.48. The largest absolute Gasteiger partial charge is 0.481 e. The normalized spacial score (nSPS) is 23.4. The Morgan fingerprint density at radius 2 is 2.15 bits per heavy atom. The molecule has 2 aliphatic rings. The highest BCUT2D eigenvalue weighted by Crippen LogP contribution is 2.31. The van der Waals surface area contributed by atoms with Crippen LogP contribution in [0.1, 0.15) is 30.5 Å². The lowest BCUT2D eigenvalue weighted by Gasteiger charge is -2.15. The molecule has 1 saturated carbocycles. The van der Waals surface area contributed by atoms with Crippen molar-refractivity contribution in [3.05, 3.63) is 11.3 Å². The third kappa shape index (κ3) is 2.83. The molecule has 0 spiro atoms. The molecule has 0 aromatic carbocycles. The van der Waals surface area contributed by atoms with Crippen LogP contribution in [0.5, 0.6) is 5.88 Å². The molecule has 0 radical (unpaired) electrons. The fourth-order valence-electron chi connectivity index (χ4n) is 3.34. The molecule has 112 valence electrons. The summed E-state index contributed by atoms with van der Waals surface area (Å²) in [6, 6.07) is 0.917. The maximum Gasteiger partial charge on any atom is 0.216 e. The lowest BCUT2D eigenvalue weighted by molar-refractivity contribution is 0.311. The summed E-state index contributed by atoms with van der Waals surface area (Å²) in [5, 5.41) is 8.01. The Labute approximate surface area is 121 Å². The maximum atomic E-state index is 5.43. The first-order valence-corrected chi connectivity index (χ1v) is 7.70. The van der Waals surface area contributed by atoms with Crippen molar-refractivity contribution < 1.29 is 4.74 Å². The first-order valence-electron chi connectivity index (χ1n) is 7.70. The molecule has 2 fully saturated rings. The van der Waals surface area contributed by atoms with Gasteiger partial charge in [-0.1, -0.05) is 0 Å². The molecule has 1 aliphatic carbocycles. The molecule has 1 aromatic heterocycles. The fourth-order valence-corrected chi connectivity index (χ4v) is 3.34. The van der Waals surface area contributed by atoms with E-state index in [0.29, 0.717) is 0 Å². The summed E-state index contributed by atoms with van der Waals surface area (Å²) in [4.78, 5) is 2.67. The average Bonchev–Trinajstić information content (AvgIpc) is 3.10. The van der Waals surface area contributed by atoms with E-state index in [0.717, 1.165) is 36.6 Å². The molecule has 20 heavy (non-hydrogen) atoms. The standard InChI is InChI=1S/C15H26N4O/c1-11-14(15(20-3)18(2)17-11)9-16-8-12-6-7-19(10-12)13-4-5-13/h12-13,16H,4-10H2,1-3H3. The van der Waals surface area contributed by atoms with Crippen LogP contribution < -0.4 is 10.1 Å². The number of hydrogen-bond donors (Lipinski definition) is 1. The first kappa shape index (κ1) is 13.9. The second kappa shape index (κ2) is 5.74. The molecule has 1 unspecified atom stereocenters. The maximum absolute atomic E-state index is 5.43. The van der Waals surface area contributed by atoms with Crippen LogP contribution in [0, 0.1) is 12.8 Å². The zero-order valence-electron chi connectivity index (χ0n) is 12.9. The molecule has 1 saturated heterocycles. The van der Waals surface area contributed by atoms with Crippen molar-refractivity contribution in [2.24, 2.45) is 13.0 Å². The van der Waals surface area contributed by atoms with Crippen molar-refractivity contribution in [3.63, 3.8) is 0 Å². The van der Waals surface area contributed by atoms with E-state index in [1.807, 2.05) is 18.7 Å². The van der Waals surface area contributed by atoms with E-state index in [1.165, 1.54) is 37.9 Å². The molecule has 2 heterocycles. The van der Waals surface area contributed by atoms with E-state index < -0.39 is 0 Å². The number of methoxy groups -OCH3 is 1. The van der Waals surface area contributed by atoms with Gasteiger partial charge >= 0.3 is 0 Å². The quantitative estimate of drug-likeness (QED) is 0.852. The molecule has 3 rings (SSSR count). The number of ether oxygens (including phenoxy) is 1. The molecule has 5 nitrogen and oxygen atoms in total. The summed E-state index contributed by atoms with van der Waals surface area (Å²) in [6.45, 7) is 6.57. The predicted octanol–water partition coefficient (Wildman–Crippen LogP) is 1.31. The monoisotopic (exact) mass is 278 g/mol. The van der Waals surface area contributed by atoms with Crippen LogP contribution in [-0.2, 0) is 13.6 Å². The van der Waals surface area contributed by atoms with Crippen LogP contribution >= 0.6 is 0 Å². The minimum atomic E-state index is 0.804. The number of nitrogens with one attached hydrogen (secondary N) is 1. The van der Waals surface area contributed by atoms with Gasteiger partial charge in [-0.15, -0.1) is 0 Å². The minimum Gasteiger partial charge on any atom is -0.481 e. The Hall–Kier alpha value is -1.07. The van der Waals surface area contributed by atoms with Crippen LogP contribution in [0.2, 0.25) is 0 Å². The molecular formula is C15H26N4O. The smallest absolute Gasteiger partial charge is 0.216 e. The third-order valence-electron chi connectivity index (χ3n) is 4.60. The molecule has 1 atom stereocenters. The lowest BCUT2D eigenvalue weighted by atomic mass is 10.1. The van der Waals surface area contributed by atoms with Gasteiger partial charge in [0.1, 0.15) is 0 Å². The van der Waals surface area contributed by atoms with Crippen molar-refractivity contribution in [2.75, 3.05) is 26.7 Å². The summed E-state index contributed by atoms with van der Waals surface area (Å²) in [6.07, 6.45) is 4.19. The van der Waals surface area contributed by atoms with Crippen LogP contribution in [0.15, 0.2) is 0 Å². The zero-order valence-corrected chi connectivity index (χ0v) is 12.9. The van der Waals surface area contributed by atoms with Crippen molar-refractivity contribution in [2.45, 2.75) is 38.8 Å². The molecule has 5 heteroatoms. The van der Waals surface area contributed by atoms with Gasteiger partial charge in [-0.3, -0.25) is 0 Å². The second-order valence-corrected chi connectivity index (χ2v) is 6.21. The van der Waals surface area contributed by atoms with Gasteiger partial charge in [-0.25, -0.2) is 4.68 Å². The average molecular weight is 278 g/mol. The number of nitrogens with zero attached hydrogens (tertiary/aromatic N) is 3. The lowest BCUT2D eigenvalue weighted by Crippen LogP contribution is -2.27. The molecule has 0 bridgehead atoms. The number of aryl methyl sites for hydroxylation is 2. The Morgan fingerprint density at radius 1 is 1.35 bits per heavy atom. The van der Waals surface area contributed by atoms with Crippen LogP contribution in [-0.4, -0.2) is 47.5 Å².